The average Bonchev–Trinajstić information content (AvgIpc) is 3.21. The lowest BCUT2D eigenvalue weighted by atomic mass is 9.88. The topological polar surface area (TPSA) is 36.9 Å². The predicted molar refractivity (Wildman–Crippen MR) is 108 cm³/mol. The molecule has 1 aliphatic heterocycles. The summed E-state index contributed by atoms with van der Waals surface area (Å²) in [7, 11) is 1.69. The van der Waals surface area contributed by atoms with Crippen LogP contribution in [-0.2, 0) is 6.61 Å². The van der Waals surface area contributed by atoms with E-state index >= 15 is 0 Å². The monoisotopic (exact) mass is 376 g/mol. The molecule has 4 nitrogen and oxygen atoms in total. The second-order valence-corrected chi connectivity index (χ2v) is 6.75. The summed E-state index contributed by atoms with van der Waals surface area (Å²) in [6, 6.07) is 22.4. The fourth-order valence-corrected chi connectivity index (χ4v) is 3.56. The molecule has 0 spiro atoms. The van der Waals surface area contributed by atoms with E-state index in [1.807, 2.05) is 42.5 Å². The molecular weight excluding hydrogens is 352 g/mol. The van der Waals surface area contributed by atoms with E-state index in [0.717, 1.165) is 40.5 Å². The van der Waals surface area contributed by atoms with Gasteiger partial charge in [-0.1, -0.05) is 49.4 Å². The summed E-state index contributed by atoms with van der Waals surface area (Å²) >= 11 is 0. The average molecular weight is 376 g/mol. The lowest BCUT2D eigenvalue weighted by molar-refractivity contribution is 0.174. The Bertz CT molecular complexity index is 919. The van der Waals surface area contributed by atoms with E-state index in [4.69, 9.17) is 18.9 Å². The van der Waals surface area contributed by atoms with Crippen LogP contribution in [0.1, 0.15) is 36.0 Å². The first-order chi connectivity index (χ1) is 13.8. The van der Waals surface area contributed by atoms with Crippen LogP contribution in [0, 0.1) is 0 Å². The molecule has 1 unspecified atom stereocenters. The highest BCUT2D eigenvalue weighted by molar-refractivity contribution is 5.55. The van der Waals surface area contributed by atoms with Crippen molar-refractivity contribution in [2.75, 3.05) is 13.9 Å². The molecule has 0 saturated heterocycles. The fourth-order valence-electron chi connectivity index (χ4n) is 3.56. The number of fused-ring (bicyclic) bond motifs is 1. The molecule has 0 aliphatic carbocycles. The van der Waals surface area contributed by atoms with E-state index in [1.165, 1.54) is 5.56 Å². The van der Waals surface area contributed by atoms with Gasteiger partial charge in [0.05, 0.1) is 7.11 Å². The third kappa shape index (κ3) is 3.77. The maximum atomic E-state index is 5.91. The van der Waals surface area contributed by atoms with Gasteiger partial charge in [-0.3, -0.25) is 0 Å². The second-order valence-electron chi connectivity index (χ2n) is 6.75. The zero-order chi connectivity index (χ0) is 19.3. The summed E-state index contributed by atoms with van der Waals surface area (Å²) in [6.45, 7) is 2.99. The molecule has 28 heavy (non-hydrogen) atoms. The highest BCUT2D eigenvalue weighted by atomic mass is 16.7. The Hall–Kier alpha value is -3.14. The van der Waals surface area contributed by atoms with E-state index in [0.29, 0.717) is 6.61 Å². The Morgan fingerprint density at radius 3 is 2.32 bits per heavy atom. The summed E-state index contributed by atoms with van der Waals surface area (Å²) in [4.78, 5) is 0. The molecular formula is C24H24O4. The Balaban J connectivity index is 1.54. The van der Waals surface area contributed by atoms with Crippen molar-refractivity contribution in [3.05, 3.63) is 83.4 Å². The van der Waals surface area contributed by atoms with Crippen LogP contribution in [0.5, 0.6) is 23.0 Å². The molecule has 3 aromatic carbocycles. The van der Waals surface area contributed by atoms with E-state index in [1.54, 1.807) is 7.11 Å². The number of ether oxygens (including phenoxy) is 4. The van der Waals surface area contributed by atoms with Crippen molar-refractivity contribution in [3.63, 3.8) is 0 Å². The Morgan fingerprint density at radius 2 is 1.64 bits per heavy atom. The summed E-state index contributed by atoms with van der Waals surface area (Å²) in [5.74, 6) is 3.39. The van der Waals surface area contributed by atoms with Crippen molar-refractivity contribution in [3.8, 4) is 23.0 Å². The standard InChI is InChI=1S/C24H24O4/c1-3-20(21-13-23-24(28-16-27-23)14-22(21)25-2)18-9-11-19(12-10-18)26-15-17-7-5-4-6-8-17/h4-14,20H,3,15-16H2,1-2H3. The molecule has 0 bridgehead atoms. The van der Waals surface area contributed by atoms with Crippen LogP contribution in [0.2, 0.25) is 0 Å². The van der Waals surface area contributed by atoms with Crippen LogP contribution in [0.15, 0.2) is 66.7 Å². The summed E-state index contributed by atoms with van der Waals surface area (Å²) in [6.07, 6.45) is 0.945. The van der Waals surface area contributed by atoms with Crippen molar-refractivity contribution in [2.45, 2.75) is 25.9 Å². The van der Waals surface area contributed by atoms with Crippen molar-refractivity contribution >= 4 is 0 Å². The fraction of sp³-hybridized carbons (Fsp3) is 0.250. The lowest BCUT2D eigenvalue weighted by Crippen LogP contribution is -2.03. The Labute approximate surface area is 165 Å². The molecule has 0 fully saturated rings. The van der Waals surface area contributed by atoms with E-state index < -0.39 is 0 Å². The molecule has 144 valence electrons. The number of hydrogen-bond acceptors (Lipinski definition) is 4. The molecule has 3 aromatic rings. The normalized spacial score (nSPS) is 13.2. The van der Waals surface area contributed by atoms with Gasteiger partial charge in [0.2, 0.25) is 6.79 Å². The molecule has 0 radical (unpaired) electrons. The molecule has 1 atom stereocenters. The van der Waals surface area contributed by atoms with Crippen molar-refractivity contribution in [1.29, 1.82) is 0 Å². The Kier molecular flexibility index (Phi) is 5.38. The first-order valence-electron chi connectivity index (χ1n) is 9.52. The largest absolute Gasteiger partial charge is 0.496 e. The maximum Gasteiger partial charge on any atom is 0.231 e. The third-order valence-electron chi connectivity index (χ3n) is 5.04. The molecule has 0 N–H and O–H groups in total. The van der Waals surface area contributed by atoms with E-state index in [2.05, 4.69) is 31.2 Å². The van der Waals surface area contributed by atoms with Gasteiger partial charge in [0.25, 0.3) is 0 Å². The van der Waals surface area contributed by atoms with E-state index in [9.17, 15) is 0 Å². The van der Waals surface area contributed by atoms with Crippen LogP contribution >= 0.6 is 0 Å². The van der Waals surface area contributed by atoms with Crippen molar-refractivity contribution < 1.29 is 18.9 Å². The number of benzene rings is 3. The predicted octanol–water partition coefficient (Wildman–Crippen LogP) is 5.54. The highest BCUT2D eigenvalue weighted by Gasteiger charge is 2.23. The second kappa shape index (κ2) is 8.26. The molecule has 4 heteroatoms. The van der Waals surface area contributed by atoms with Crippen molar-refractivity contribution in [2.24, 2.45) is 0 Å². The van der Waals surface area contributed by atoms with Crippen LogP contribution < -0.4 is 18.9 Å². The van der Waals surface area contributed by atoms with Gasteiger partial charge in [-0.05, 0) is 35.7 Å². The van der Waals surface area contributed by atoms with Gasteiger partial charge in [-0.2, -0.15) is 0 Å². The van der Waals surface area contributed by atoms with Gasteiger partial charge < -0.3 is 18.9 Å². The smallest absolute Gasteiger partial charge is 0.231 e. The first-order valence-corrected chi connectivity index (χ1v) is 9.52. The van der Waals surface area contributed by atoms with Gasteiger partial charge in [0, 0.05) is 17.5 Å². The van der Waals surface area contributed by atoms with Gasteiger partial charge >= 0.3 is 0 Å². The number of hydrogen-bond donors (Lipinski definition) is 0. The minimum atomic E-state index is 0.202. The minimum Gasteiger partial charge on any atom is -0.496 e. The van der Waals surface area contributed by atoms with Crippen LogP contribution in [0.3, 0.4) is 0 Å². The summed E-state index contributed by atoms with van der Waals surface area (Å²) in [5, 5.41) is 0. The first kappa shape index (κ1) is 18.2. The summed E-state index contributed by atoms with van der Waals surface area (Å²) in [5.41, 5.74) is 3.47. The van der Waals surface area contributed by atoms with Gasteiger partial charge in [-0.25, -0.2) is 0 Å². The van der Waals surface area contributed by atoms with Crippen LogP contribution in [-0.4, -0.2) is 13.9 Å². The molecule has 0 saturated carbocycles. The minimum absolute atomic E-state index is 0.202. The van der Waals surface area contributed by atoms with E-state index in [-0.39, 0.29) is 12.7 Å². The van der Waals surface area contributed by atoms with Gasteiger partial charge in [0.15, 0.2) is 11.5 Å². The molecule has 1 heterocycles. The van der Waals surface area contributed by atoms with Gasteiger partial charge in [0.1, 0.15) is 18.1 Å². The van der Waals surface area contributed by atoms with Crippen LogP contribution in [0.4, 0.5) is 0 Å². The third-order valence-corrected chi connectivity index (χ3v) is 5.04. The molecule has 4 rings (SSSR count). The molecule has 0 aromatic heterocycles. The highest BCUT2D eigenvalue weighted by Crippen LogP contribution is 2.43. The number of rotatable bonds is 7. The molecule has 1 aliphatic rings. The zero-order valence-electron chi connectivity index (χ0n) is 16.2. The van der Waals surface area contributed by atoms with Gasteiger partial charge in [-0.15, -0.1) is 0 Å². The Morgan fingerprint density at radius 1 is 0.929 bits per heavy atom. The zero-order valence-corrected chi connectivity index (χ0v) is 16.2. The quantitative estimate of drug-likeness (QED) is 0.542. The lowest BCUT2D eigenvalue weighted by Gasteiger charge is -2.20. The maximum absolute atomic E-state index is 5.91. The summed E-state index contributed by atoms with van der Waals surface area (Å²) < 4.78 is 22.6. The van der Waals surface area contributed by atoms with Crippen molar-refractivity contribution in [1.82, 2.24) is 0 Å². The SMILES string of the molecule is CCC(c1ccc(OCc2ccccc2)cc1)c1cc2c(cc1OC)OCO2. The number of methoxy groups -OCH3 is 1. The van der Waals surface area contributed by atoms with Crippen LogP contribution in [0.25, 0.3) is 0 Å². The molecule has 0 amide bonds.